The van der Waals surface area contributed by atoms with Crippen molar-refractivity contribution in [2.24, 2.45) is 0 Å². The van der Waals surface area contributed by atoms with Gasteiger partial charge >= 0.3 is 0 Å². The number of hydrogen-bond acceptors (Lipinski definition) is 2. The van der Waals surface area contributed by atoms with Gasteiger partial charge in [-0.25, -0.2) is 0 Å². The highest BCUT2D eigenvalue weighted by molar-refractivity contribution is 5.41. The van der Waals surface area contributed by atoms with Gasteiger partial charge in [-0.2, -0.15) is 0 Å². The molecule has 0 saturated heterocycles. The average molecular weight is 220 g/mol. The van der Waals surface area contributed by atoms with E-state index in [4.69, 9.17) is 0 Å². The Labute approximate surface area is 96.8 Å². The second-order valence-corrected chi connectivity index (χ2v) is 3.95. The molecule has 0 aliphatic carbocycles. The Morgan fingerprint density at radius 1 is 1.56 bits per heavy atom. The molecular weight excluding hydrogens is 200 g/mol. The van der Waals surface area contributed by atoms with E-state index in [0.29, 0.717) is 12.6 Å². The van der Waals surface area contributed by atoms with Gasteiger partial charge in [-0.05, 0) is 32.8 Å². The van der Waals surface area contributed by atoms with Crippen LogP contribution in [0.15, 0.2) is 35.8 Å². The lowest BCUT2D eigenvalue weighted by Gasteiger charge is -2.15. The van der Waals surface area contributed by atoms with Crippen molar-refractivity contribution in [1.82, 2.24) is 4.57 Å². The molecule has 1 rings (SSSR count). The van der Waals surface area contributed by atoms with Crippen LogP contribution in [0.3, 0.4) is 0 Å². The lowest BCUT2D eigenvalue weighted by atomic mass is 10.2. The Morgan fingerprint density at radius 3 is 2.94 bits per heavy atom. The van der Waals surface area contributed by atoms with Crippen LogP contribution in [0, 0.1) is 0 Å². The minimum atomic E-state index is 0.0480. The first kappa shape index (κ1) is 12.6. The second-order valence-electron chi connectivity index (χ2n) is 3.95. The summed E-state index contributed by atoms with van der Waals surface area (Å²) in [4.78, 5) is 11.4. The van der Waals surface area contributed by atoms with E-state index in [1.165, 1.54) is 0 Å². The summed E-state index contributed by atoms with van der Waals surface area (Å²) in [7, 11) is 0. The van der Waals surface area contributed by atoms with Gasteiger partial charge in [0.25, 0.3) is 5.56 Å². The lowest BCUT2D eigenvalue weighted by molar-refractivity contribution is 0.703. The SMILES string of the molecule is C=CCCC(C)Nc1ccc(=O)n(CC)c1. The summed E-state index contributed by atoms with van der Waals surface area (Å²) in [6.45, 7) is 8.50. The van der Waals surface area contributed by atoms with E-state index in [1.54, 1.807) is 10.6 Å². The molecule has 1 unspecified atom stereocenters. The van der Waals surface area contributed by atoms with Crippen LogP contribution >= 0.6 is 0 Å². The molecule has 1 N–H and O–H groups in total. The molecule has 0 amide bonds. The minimum Gasteiger partial charge on any atom is -0.381 e. The third-order valence-corrected chi connectivity index (χ3v) is 2.54. The fourth-order valence-electron chi connectivity index (χ4n) is 1.59. The summed E-state index contributed by atoms with van der Waals surface area (Å²) in [6, 6.07) is 3.83. The van der Waals surface area contributed by atoms with Crippen LogP contribution < -0.4 is 10.9 Å². The van der Waals surface area contributed by atoms with Gasteiger partial charge in [0.2, 0.25) is 0 Å². The average Bonchev–Trinajstić information content (AvgIpc) is 2.29. The first-order valence-corrected chi connectivity index (χ1v) is 5.75. The standard InChI is InChI=1S/C13H20N2O/c1-4-6-7-11(3)14-12-8-9-13(16)15(5-2)10-12/h4,8-11,14H,1,5-7H2,2-3H3. The maximum atomic E-state index is 11.4. The van der Waals surface area contributed by atoms with Crippen LogP contribution in [-0.4, -0.2) is 10.6 Å². The highest BCUT2D eigenvalue weighted by atomic mass is 16.1. The van der Waals surface area contributed by atoms with Crippen molar-refractivity contribution in [3.63, 3.8) is 0 Å². The topological polar surface area (TPSA) is 34.0 Å². The van der Waals surface area contributed by atoms with Gasteiger partial charge in [0.15, 0.2) is 0 Å². The predicted molar refractivity (Wildman–Crippen MR) is 68.9 cm³/mol. The van der Waals surface area contributed by atoms with Crippen LogP contribution in [0.4, 0.5) is 5.69 Å². The predicted octanol–water partition coefficient (Wildman–Crippen LogP) is 2.63. The maximum Gasteiger partial charge on any atom is 0.250 e. The molecule has 88 valence electrons. The molecular formula is C13H20N2O. The molecule has 16 heavy (non-hydrogen) atoms. The lowest BCUT2D eigenvalue weighted by Crippen LogP contribution is -2.20. The van der Waals surface area contributed by atoms with Gasteiger partial charge in [-0.15, -0.1) is 6.58 Å². The second kappa shape index (κ2) is 6.16. The highest BCUT2D eigenvalue weighted by Crippen LogP contribution is 2.08. The number of nitrogens with zero attached hydrogens (tertiary/aromatic N) is 1. The van der Waals surface area contributed by atoms with E-state index in [-0.39, 0.29) is 5.56 Å². The Bertz CT molecular complexity index is 395. The first-order chi connectivity index (χ1) is 7.67. The number of nitrogens with one attached hydrogen (secondary N) is 1. The molecule has 3 nitrogen and oxygen atoms in total. The zero-order valence-electron chi connectivity index (χ0n) is 10.1. The van der Waals surface area contributed by atoms with Gasteiger partial charge in [-0.3, -0.25) is 4.79 Å². The molecule has 1 aromatic heterocycles. The minimum absolute atomic E-state index is 0.0480. The zero-order chi connectivity index (χ0) is 12.0. The van der Waals surface area contributed by atoms with E-state index < -0.39 is 0 Å². The molecule has 0 fully saturated rings. The van der Waals surface area contributed by atoms with Crippen molar-refractivity contribution in [2.45, 2.75) is 39.3 Å². The third-order valence-electron chi connectivity index (χ3n) is 2.54. The van der Waals surface area contributed by atoms with Gasteiger partial charge in [0, 0.05) is 24.8 Å². The molecule has 0 aromatic carbocycles. The number of hydrogen-bond donors (Lipinski definition) is 1. The monoisotopic (exact) mass is 220 g/mol. The number of anilines is 1. The van der Waals surface area contributed by atoms with Gasteiger partial charge in [0.05, 0.1) is 5.69 Å². The van der Waals surface area contributed by atoms with E-state index in [2.05, 4.69) is 18.8 Å². The van der Waals surface area contributed by atoms with Crippen molar-refractivity contribution in [3.05, 3.63) is 41.3 Å². The number of aryl methyl sites for hydroxylation is 1. The molecule has 0 aliphatic rings. The number of aromatic nitrogens is 1. The van der Waals surface area contributed by atoms with E-state index in [9.17, 15) is 4.79 Å². The maximum absolute atomic E-state index is 11.4. The fraction of sp³-hybridized carbons (Fsp3) is 0.462. The molecule has 0 aliphatic heterocycles. The number of rotatable bonds is 6. The molecule has 3 heteroatoms. The summed E-state index contributed by atoms with van der Waals surface area (Å²) in [5.41, 5.74) is 1.05. The summed E-state index contributed by atoms with van der Waals surface area (Å²) in [5, 5.41) is 3.37. The highest BCUT2D eigenvalue weighted by Gasteiger charge is 2.02. The van der Waals surface area contributed by atoms with Crippen LogP contribution in [0.2, 0.25) is 0 Å². The van der Waals surface area contributed by atoms with Crippen molar-refractivity contribution in [2.75, 3.05) is 5.32 Å². The summed E-state index contributed by atoms with van der Waals surface area (Å²) < 4.78 is 1.70. The molecule has 0 bridgehead atoms. The summed E-state index contributed by atoms with van der Waals surface area (Å²) in [5.74, 6) is 0. The molecule has 1 atom stereocenters. The van der Waals surface area contributed by atoms with Crippen LogP contribution in [0.25, 0.3) is 0 Å². The largest absolute Gasteiger partial charge is 0.381 e. The van der Waals surface area contributed by atoms with Crippen molar-refractivity contribution >= 4 is 5.69 Å². The number of allylic oxidation sites excluding steroid dienone is 1. The van der Waals surface area contributed by atoms with Crippen molar-refractivity contribution in [3.8, 4) is 0 Å². The van der Waals surface area contributed by atoms with Crippen LogP contribution in [-0.2, 0) is 6.54 Å². The Hall–Kier alpha value is -1.51. The first-order valence-electron chi connectivity index (χ1n) is 5.75. The Kier molecular flexibility index (Phi) is 4.83. The third kappa shape index (κ3) is 3.57. The molecule has 0 spiro atoms. The zero-order valence-corrected chi connectivity index (χ0v) is 10.1. The smallest absolute Gasteiger partial charge is 0.250 e. The molecule has 0 saturated carbocycles. The van der Waals surface area contributed by atoms with Gasteiger partial charge < -0.3 is 9.88 Å². The molecule has 1 heterocycles. The van der Waals surface area contributed by atoms with E-state index >= 15 is 0 Å². The Morgan fingerprint density at radius 2 is 2.31 bits per heavy atom. The van der Waals surface area contributed by atoms with Crippen LogP contribution in [0.1, 0.15) is 26.7 Å². The normalized spacial score (nSPS) is 12.1. The fourth-order valence-corrected chi connectivity index (χ4v) is 1.59. The molecule has 1 aromatic rings. The quantitative estimate of drug-likeness (QED) is 0.748. The Balaban J connectivity index is 2.66. The van der Waals surface area contributed by atoms with E-state index in [0.717, 1.165) is 18.5 Å². The van der Waals surface area contributed by atoms with E-state index in [1.807, 2.05) is 25.3 Å². The summed E-state index contributed by atoms with van der Waals surface area (Å²) >= 11 is 0. The van der Waals surface area contributed by atoms with Gasteiger partial charge in [-0.1, -0.05) is 6.08 Å². The number of pyridine rings is 1. The van der Waals surface area contributed by atoms with Crippen molar-refractivity contribution in [1.29, 1.82) is 0 Å². The van der Waals surface area contributed by atoms with Crippen molar-refractivity contribution < 1.29 is 0 Å². The molecule has 0 radical (unpaired) electrons. The van der Waals surface area contributed by atoms with Crippen LogP contribution in [0.5, 0.6) is 0 Å². The van der Waals surface area contributed by atoms with Gasteiger partial charge in [0.1, 0.15) is 0 Å². The summed E-state index contributed by atoms with van der Waals surface area (Å²) in [6.07, 6.45) is 5.84.